The van der Waals surface area contributed by atoms with Gasteiger partial charge in [-0.15, -0.1) is 0 Å². The fourth-order valence-electron chi connectivity index (χ4n) is 1.93. The van der Waals surface area contributed by atoms with E-state index in [1.165, 1.54) is 32.6 Å². The summed E-state index contributed by atoms with van der Waals surface area (Å²) in [6.45, 7) is 0. The molecular formula is C16H15F3N2O3. The van der Waals surface area contributed by atoms with Gasteiger partial charge in [0.1, 0.15) is 5.75 Å². The molecule has 2 aromatic rings. The third-order valence-corrected chi connectivity index (χ3v) is 3.15. The number of esters is 1. The molecule has 8 heteroatoms. The molecule has 0 aliphatic heterocycles. The first-order chi connectivity index (χ1) is 11.3. The number of imidazole rings is 1. The Balaban J connectivity index is 2.10. The summed E-state index contributed by atoms with van der Waals surface area (Å²) in [7, 11) is 2.90. The van der Waals surface area contributed by atoms with Gasteiger partial charge in [-0.3, -0.25) is 0 Å². The van der Waals surface area contributed by atoms with E-state index in [0.29, 0.717) is 11.3 Å². The van der Waals surface area contributed by atoms with E-state index in [1.54, 1.807) is 24.3 Å². The average molecular weight is 340 g/mol. The number of carbonyl (C=O) groups is 1. The molecule has 0 saturated heterocycles. The van der Waals surface area contributed by atoms with Crippen molar-refractivity contribution in [2.75, 3.05) is 7.11 Å². The van der Waals surface area contributed by atoms with Crippen LogP contribution in [0.1, 0.15) is 17.5 Å². The van der Waals surface area contributed by atoms with E-state index in [4.69, 9.17) is 4.74 Å². The largest absolute Gasteiger partial charge is 0.497 e. The van der Waals surface area contributed by atoms with Crippen molar-refractivity contribution >= 4 is 12.0 Å². The number of ether oxygens (including phenoxy) is 2. The number of methoxy groups -OCH3 is 1. The average Bonchev–Trinajstić information content (AvgIpc) is 2.95. The zero-order valence-corrected chi connectivity index (χ0v) is 12.9. The summed E-state index contributed by atoms with van der Waals surface area (Å²) >= 11 is 0. The molecule has 0 saturated carbocycles. The van der Waals surface area contributed by atoms with Crippen LogP contribution in [0.3, 0.4) is 0 Å². The van der Waals surface area contributed by atoms with Crippen molar-refractivity contribution in [2.45, 2.75) is 12.3 Å². The van der Waals surface area contributed by atoms with E-state index in [0.717, 1.165) is 10.6 Å². The molecule has 0 fully saturated rings. The lowest BCUT2D eigenvalue weighted by molar-refractivity contribution is -0.223. The molecule has 0 spiro atoms. The van der Waals surface area contributed by atoms with Crippen LogP contribution in [0.2, 0.25) is 0 Å². The number of alkyl halides is 3. The highest BCUT2D eigenvalue weighted by Gasteiger charge is 2.46. The first-order valence-electron chi connectivity index (χ1n) is 6.88. The zero-order valence-electron chi connectivity index (χ0n) is 12.9. The van der Waals surface area contributed by atoms with E-state index in [-0.39, 0.29) is 0 Å². The molecule has 0 amide bonds. The monoisotopic (exact) mass is 340 g/mol. The van der Waals surface area contributed by atoms with Gasteiger partial charge < -0.3 is 14.0 Å². The van der Waals surface area contributed by atoms with Gasteiger partial charge in [-0.1, -0.05) is 12.1 Å². The highest BCUT2D eigenvalue weighted by molar-refractivity contribution is 5.87. The summed E-state index contributed by atoms with van der Waals surface area (Å²) in [4.78, 5) is 15.3. The fourth-order valence-corrected chi connectivity index (χ4v) is 1.93. The first-order valence-corrected chi connectivity index (χ1v) is 6.88. The molecule has 5 nitrogen and oxygen atoms in total. The number of rotatable bonds is 5. The SMILES string of the molecule is COc1ccc(/C=C/C(=O)OC(c2nccn2C)C(F)(F)F)cc1. The highest BCUT2D eigenvalue weighted by atomic mass is 19.4. The predicted octanol–water partition coefficient (Wildman–Crippen LogP) is 3.29. The third kappa shape index (κ3) is 4.37. The minimum Gasteiger partial charge on any atom is -0.497 e. The molecule has 1 aromatic carbocycles. The molecule has 1 heterocycles. The van der Waals surface area contributed by atoms with Gasteiger partial charge in [0.15, 0.2) is 5.82 Å². The van der Waals surface area contributed by atoms with E-state index in [9.17, 15) is 18.0 Å². The standard InChI is InChI=1S/C16H15F3N2O3/c1-21-10-9-20-15(21)14(16(17,18)19)24-13(22)8-5-11-3-6-12(23-2)7-4-11/h3-10,14H,1-2H3/b8-5+. The quantitative estimate of drug-likeness (QED) is 0.619. The number of halogens is 3. The van der Waals surface area contributed by atoms with Crippen LogP contribution in [0.25, 0.3) is 6.08 Å². The van der Waals surface area contributed by atoms with Gasteiger partial charge in [0.05, 0.1) is 7.11 Å². The number of nitrogens with zero attached hydrogens (tertiary/aromatic N) is 2. The van der Waals surface area contributed by atoms with E-state index >= 15 is 0 Å². The van der Waals surface area contributed by atoms with Gasteiger partial charge >= 0.3 is 12.1 Å². The molecule has 1 aromatic heterocycles. The minimum absolute atomic E-state index is 0.395. The van der Waals surface area contributed by atoms with Crippen LogP contribution >= 0.6 is 0 Å². The Morgan fingerprint density at radius 3 is 2.46 bits per heavy atom. The van der Waals surface area contributed by atoms with Gasteiger partial charge in [-0.05, 0) is 23.8 Å². The van der Waals surface area contributed by atoms with Gasteiger partial charge in [0, 0.05) is 25.5 Å². The van der Waals surface area contributed by atoms with E-state index in [2.05, 4.69) is 9.72 Å². The maximum atomic E-state index is 13.1. The lowest BCUT2D eigenvalue weighted by Gasteiger charge is -2.19. The molecule has 0 aliphatic carbocycles. The second-order valence-electron chi connectivity index (χ2n) is 4.86. The second-order valence-corrected chi connectivity index (χ2v) is 4.86. The van der Waals surface area contributed by atoms with Gasteiger partial charge in [-0.2, -0.15) is 13.2 Å². The summed E-state index contributed by atoms with van der Waals surface area (Å²) in [6.07, 6.45) is -2.35. The van der Waals surface area contributed by atoms with Crippen molar-refractivity contribution in [3.63, 3.8) is 0 Å². The van der Waals surface area contributed by atoms with Gasteiger partial charge in [-0.25, -0.2) is 9.78 Å². The molecule has 24 heavy (non-hydrogen) atoms. The van der Waals surface area contributed by atoms with Crippen LogP contribution < -0.4 is 4.74 Å². The maximum Gasteiger partial charge on any atom is 0.432 e. The van der Waals surface area contributed by atoms with E-state index < -0.39 is 24.1 Å². The molecule has 0 aliphatic rings. The molecule has 0 radical (unpaired) electrons. The van der Waals surface area contributed by atoms with Crippen molar-refractivity contribution in [1.29, 1.82) is 0 Å². The van der Waals surface area contributed by atoms with Crippen molar-refractivity contribution in [3.05, 3.63) is 54.1 Å². The molecule has 1 unspecified atom stereocenters. The molecule has 128 valence electrons. The van der Waals surface area contributed by atoms with Crippen molar-refractivity contribution in [3.8, 4) is 5.75 Å². The fraction of sp³-hybridized carbons (Fsp3) is 0.250. The van der Waals surface area contributed by atoms with E-state index in [1.807, 2.05) is 0 Å². The number of hydrogen-bond donors (Lipinski definition) is 0. The predicted molar refractivity (Wildman–Crippen MR) is 80.1 cm³/mol. The Morgan fingerprint density at radius 2 is 1.96 bits per heavy atom. The highest BCUT2D eigenvalue weighted by Crippen LogP contribution is 2.35. The number of hydrogen-bond acceptors (Lipinski definition) is 4. The molecule has 0 N–H and O–H groups in total. The summed E-state index contributed by atoms with van der Waals surface area (Å²) in [5.41, 5.74) is 0.619. The lowest BCUT2D eigenvalue weighted by atomic mass is 10.2. The number of aromatic nitrogens is 2. The van der Waals surface area contributed by atoms with Crippen LogP contribution in [0.5, 0.6) is 5.75 Å². The maximum absolute atomic E-state index is 13.1. The Hall–Kier alpha value is -2.77. The number of aryl methyl sites for hydroxylation is 1. The molecule has 2 rings (SSSR count). The van der Waals surface area contributed by atoms with Crippen LogP contribution in [-0.4, -0.2) is 28.8 Å². The smallest absolute Gasteiger partial charge is 0.432 e. The van der Waals surface area contributed by atoms with Crippen molar-refractivity contribution < 1.29 is 27.4 Å². The summed E-state index contributed by atoms with van der Waals surface area (Å²) in [5.74, 6) is -0.883. The zero-order chi connectivity index (χ0) is 17.7. The van der Waals surface area contributed by atoms with Gasteiger partial charge in [0.2, 0.25) is 0 Å². The first kappa shape index (κ1) is 17.6. The molecular weight excluding hydrogens is 325 g/mol. The summed E-state index contributed by atoms with van der Waals surface area (Å²) < 4.78 is 50.0. The van der Waals surface area contributed by atoms with Crippen LogP contribution in [0.4, 0.5) is 13.2 Å². The normalized spacial score (nSPS) is 13.0. The Labute approximate surface area is 136 Å². The number of carbonyl (C=O) groups excluding carboxylic acids is 1. The Morgan fingerprint density at radius 1 is 1.29 bits per heavy atom. The lowest BCUT2D eigenvalue weighted by Crippen LogP contribution is -2.28. The summed E-state index contributed by atoms with van der Waals surface area (Å²) in [5, 5.41) is 0. The van der Waals surface area contributed by atoms with Crippen LogP contribution in [-0.2, 0) is 16.6 Å². The Bertz CT molecular complexity index is 721. The van der Waals surface area contributed by atoms with Crippen LogP contribution in [0.15, 0.2) is 42.7 Å². The number of benzene rings is 1. The molecule has 1 atom stereocenters. The summed E-state index contributed by atoms with van der Waals surface area (Å²) in [6, 6.07) is 6.64. The molecule has 0 bridgehead atoms. The minimum atomic E-state index is -4.76. The van der Waals surface area contributed by atoms with Gasteiger partial charge in [0.25, 0.3) is 6.10 Å². The van der Waals surface area contributed by atoms with Crippen molar-refractivity contribution in [2.24, 2.45) is 7.05 Å². The third-order valence-electron chi connectivity index (χ3n) is 3.15. The van der Waals surface area contributed by atoms with Crippen molar-refractivity contribution in [1.82, 2.24) is 9.55 Å². The Kier molecular flexibility index (Phi) is 5.28. The second kappa shape index (κ2) is 7.20. The van der Waals surface area contributed by atoms with Crippen LogP contribution in [0, 0.1) is 0 Å². The topological polar surface area (TPSA) is 53.4 Å².